The molecule has 112 valence electrons. The van der Waals surface area contributed by atoms with Gasteiger partial charge in [0.25, 0.3) is 5.69 Å². The molecule has 1 saturated heterocycles. The lowest BCUT2D eigenvalue weighted by molar-refractivity contribution is -0.384. The van der Waals surface area contributed by atoms with E-state index in [1.54, 1.807) is 6.07 Å². The number of imide groups is 1. The van der Waals surface area contributed by atoms with E-state index < -0.39 is 4.92 Å². The first-order chi connectivity index (χ1) is 10.5. The van der Waals surface area contributed by atoms with Gasteiger partial charge in [-0.05, 0) is 30.4 Å². The van der Waals surface area contributed by atoms with Gasteiger partial charge in [-0.25, -0.2) is 4.90 Å². The molecule has 2 aliphatic carbocycles. The summed E-state index contributed by atoms with van der Waals surface area (Å²) in [5, 5.41) is 11.3. The third-order valence-electron chi connectivity index (χ3n) is 4.85. The zero-order valence-corrected chi connectivity index (χ0v) is 12.9. The second-order valence-electron chi connectivity index (χ2n) is 5.90. The van der Waals surface area contributed by atoms with Crippen LogP contribution in [0, 0.1) is 33.8 Å². The van der Waals surface area contributed by atoms with Gasteiger partial charge < -0.3 is 0 Å². The summed E-state index contributed by atoms with van der Waals surface area (Å²) in [5.41, 5.74) is -0.173. The molecule has 0 aromatic heterocycles. The number of allylic oxidation sites excluding steroid dienone is 2. The monoisotopic (exact) mass is 362 g/mol. The van der Waals surface area contributed by atoms with Crippen molar-refractivity contribution in [3.63, 3.8) is 0 Å². The van der Waals surface area contributed by atoms with Crippen molar-refractivity contribution in [1.29, 1.82) is 0 Å². The normalized spacial score (nSPS) is 32.0. The summed E-state index contributed by atoms with van der Waals surface area (Å²) in [5.74, 6) is -1.15. The van der Waals surface area contributed by atoms with E-state index in [0.717, 1.165) is 11.3 Å². The molecule has 6 nitrogen and oxygen atoms in total. The van der Waals surface area contributed by atoms with Crippen LogP contribution >= 0.6 is 15.9 Å². The molecule has 2 bridgehead atoms. The number of hydrogen-bond acceptors (Lipinski definition) is 4. The molecule has 2 fully saturated rings. The summed E-state index contributed by atoms with van der Waals surface area (Å²) in [6.45, 7) is 0. The molecule has 7 heteroatoms. The van der Waals surface area contributed by atoms with Gasteiger partial charge in [0.05, 0.1) is 16.8 Å². The van der Waals surface area contributed by atoms with Crippen LogP contribution in [0.2, 0.25) is 0 Å². The van der Waals surface area contributed by atoms with Crippen LogP contribution < -0.4 is 4.90 Å². The van der Waals surface area contributed by atoms with E-state index in [9.17, 15) is 19.7 Å². The van der Waals surface area contributed by atoms with Crippen molar-refractivity contribution in [3.05, 3.63) is 44.9 Å². The van der Waals surface area contributed by atoms with Crippen molar-refractivity contribution in [1.82, 2.24) is 0 Å². The standard InChI is InChI=1S/C15H11BrN2O4/c16-9-3-4-10(11(6-9)18(21)22)17-14(19)12-7-1-2-8(5-7)13(12)15(17)20/h1-4,6-8,12-13H,5H2. The van der Waals surface area contributed by atoms with Crippen molar-refractivity contribution < 1.29 is 14.5 Å². The van der Waals surface area contributed by atoms with Crippen molar-refractivity contribution in [3.8, 4) is 0 Å². The molecule has 0 spiro atoms. The molecule has 4 unspecified atom stereocenters. The minimum Gasteiger partial charge on any atom is -0.274 e. The number of nitro benzene ring substituents is 1. The average Bonchev–Trinajstić information content (AvgIpc) is 3.14. The molecule has 4 rings (SSSR count). The minimum absolute atomic E-state index is 0.0667. The molecule has 0 N–H and O–H groups in total. The first kappa shape index (κ1) is 13.6. The number of nitro groups is 1. The Balaban J connectivity index is 1.81. The Morgan fingerprint density at radius 3 is 2.27 bits per heavy atom. The van der Waals surface area contributed by atoms with E-state index in [1.165, 1.54) is 12.1 Å². The Hall–Kier alpha value is -2.02. The van der Waals surface area contributed by atoms with Crippen LogP contribution in [-0.4, -0.2) is 16.7 Å². The number of benzene rings is 1. The summed E-state index contributed by atoms with van der Waals surface area (Å²) in [6, 6.07) is 4.37. The number of anilines is 1. The highest BCUT2D eigenvalue weighted by atomic mass is 79.9. The smallest absolute Gasteiger partial charge is 0.274 e. The Morgan fingerprint density at radius 1 is 1.14 bits per heavy atom. The molecule has 1 aromatic carbocycles. The summed E-state index contributed by atoms with van der Waals surface area (Å²) in [4.78, 5) is 37.1. The molecule has 1 saturated carbocycles. The molecular weight excluding hydrogens is 352 g/mol. The maximum Gasteiger partial charge on any atom is 0.294 e. The fourth-order valence-corrected chi connectivity index (χ4v) is 4.32. The number of fused-ring (bicyclic) bond motifs is 5. The molecule has 22 heavy (non-hydrogen) atoms. The van der Waals surface area contributed by atoms with Gasteiger partial charge >= 0.3 is 0 Å². The Labute approximate surface area is 134 Å². The lowest BCUT2D eigenvalue weighted by atomic mass is 9.85. The number of carbonyl (C=O) groups excluding carboxylic acids is 2. The predicted octanol–water partition coefficient (Wildman–Crippen LogP) is 2.67. The quantitative estimate of drug-likeness (QED) is 0.350. The highest BCUT2D eigenvalue weighted by molar-refractivity contribution is 9.10. The lowest BCUT2D eigenvalue weighted by Gasteiger charge is -2.17. The Kier molecular flexibility index (Phi) is 2.78. The second kappa shape index (κ2) is 4.49. The highest BCUT2D eigenvalue weighted by Crippen LogP contribution is 2.53. The van der Waals surface area contributed by atoms with E-state index in [1.807, 2.05) is 12.2 Å². The van der Waals surface area contributed by atoms with E-state index >= 15 is 0 Å². The van der Waals surface area contributed by atoms with E-state index in [2.05, 4.69) is 15.9 Å². The molecule has 0 radical (unpaired) electrons. The molecule has 4 atom stereocenters. The molecule has 2 amide bonds. The zero-order chi connectivity index (χ0) is 15.6. The number of nitrogens with zero attached hydrogens (tertiary/aromatic N) is 2. The van der Waals surface area contributed by atoms with Crippen LogP contribution in [0.5, 0.6) is 0 Å². The number of amides is 2. The average molecular weight is 363 g/mol. The van der Waals surface area contributed by atoms with Gasteiger partial charge in [0.2, 0.25) is 11.8 Å². The molecular formula is C15H11BrN2O4. The highest BCUT2D eigenvalue weighted by Gasteiger charge is 2.60. The summed E-state index contributed by atoms with van der Waals surface area (Å²) in [6.07, 6.45) is 4.83. The molecule has 1 aromatic rings. The van der Waals surface area contributed by atoms with E-state index in [0.29, 0.717) is 4.47 Å². The van der Waals surface area contributed by atoms with Gasteiger partial charge in [0, 0.05) is 10.5 Å². The van der Waals surface area contributed by atoms with Gasteiger partial charge in [0.15, 0.2) is 0 Å². The minimum atomic E-state index is -0.568. The number of halogens is 1. The zero-order valence-electron chi connectivity index (χ0n) is 11.3. The number of rotatable bonds is 2. The summed E-state index contributed by atoms with van der Waals surface area (Å²) < 4.78 is 0.531. The second-order valence-corrected chi connectivity index (χ2v) is 6.82. The van der Waals surface area contributed by atoms with Crippen LogP contribution in [0.1, 0.15) is 6.42 Å². The third kappa shape index (κ3) is 1.65. The topological polar surface area (TPSA) is 80.5 Å². The van der Waals surface area contributed by atoms with Crippen LogP contribution in [0.15, 0.2) is 34.8 Å². The van der Waals surface area contributed by atoms with Crippen LogP contribution in [-0.2, 0) is 9.59 Å². The summed E-state index contributed by atoms with van der Waals surface area (Å²) in [7, 11) is 0. The van der Waals surface area contributed by atoms with Crippen molar-refractivity contribution in [2.45, 2.75) is 6.42 Å². The lowest BCUT2D eigenvalue weighted by Crippen LogP contribution is -2.33. The fourth-order valence-electron chi connectivity index (χ4n) is 3.97. The Morgan fingerprint density at radius 2 is 1.73 bits per heavy atom. The van der Waals surface area contributed by atoms with Gasteiger partial charge in [-0.1, -0.05) is 28.1 Å². The van der Waals surface area contributed by atoms with Crippen molar-refractivity contribution >= 4 is 39.1 Å². The fraction of sp³-hybridized carbons (Fsp3) is 0.333. The van der Waals surface area contributed by atoms with E-state index in [4.69, 9.17) is 0 Å². The van der Waals surface area contributed by atoms with Gasteiger partial charge in [-0.15, -0.1) is 0 Å². The maximum atomic E-state index is 12.7. The maximum absolute atomic E-state index is 12.7. The van der Waals surface area contributed by atoms with Gasteiger partial charge in [0.1, 0.15) is 5.69 Å². The molecule has 3 aliphatic rings. The molecule has 1 heterocycles. The van der Waals surface area contributed by atoms with Crippen molar-refractivity contribution in [2.75, 3.05) is 4.90 Å². The SMILES string of the molecule is O=C1C2C3C=CC(C3)C2C(=O)N1c1ccc(Br)cc1[N+](=O)[O-]. The first-order valence-corrected chi connectivity index (χ1v) is 7.78. The van der Waals surface area contributed by atoms with E-state index in [-0.39, 0.29) is 46.9 Å². The van der Waals surface area contributed by atoms with Crippen LogP contribution in [0.25, 0.3) is 0 Å². The van der Waals surface area contributed by atoms with Crippen LogP contribution in [0.4, 0.5) is 11.4 Å². The molecule has 1 aliphatic heterocycles. The van der Waals surface area contributed by atoms with Gasteiger partial charge in [-0.3, -0.25) is 19.7 Å². The summed E-state index contributed by atoms with van der Waals surface area (Å²) >= 11 is 3.18. The first-order valence-electron chi connectivity index (χ1n) is 6.99. The largest absolute Gasteiger partial charge is 0.294 e. The number of hydrogen-bond donors (Lipinski definition) is 0. The Bertz CT molecular complexity index is 730. The predicted molar refractivity (Wildman–Crippen MR) is 81.0 cm³/mol. The number of carbonyl (C=O) groups is 2. The van der Waals surface area contributed by atoms with Crippen molar-refractivity contribution in [2.24, 2.45) is 23.7 Å². The third-order valence-corrected chi connectivity index (χ3v) is 5.34. The van der Waals surface area contributed by atoms with Gasteiger partial charge in [-0.2, -0.15) is 0 Å². The van der Waals surface area contributed by atoms with Crippen LogP contribution in [0.3, 0.4) is 0 Å².